The third kappa shape index (κ3) is 5.45. The predicted octanol–water partition coefficient (Wildman–Crippen LogP) is 4.99. The number of nitrogens with two attached hydrogens (primary N) is 1. The first kappa shape index (κ1) is 22.4. The first-order chi connectivity index (χ1) is 15.4. The maximum absolute atomic E-state index is 11.5. The van der Waals surface area contributed by atoms with Crippen LogP contribution in [0, 0.1) is 18.3 Å². The topological polar surface area (TPSA) is 126 Å². The van der Waals surface area contributed by atoms with Crippen molar-refractivity contribution in [3.63, 3.8) is 0 Å². The van der Waals surface area contributed by atoms with Gasteiger partial charge >= 0.3 is 5.97 Å². The number of aromatic carboxylic acids is 1. The van der Waals surface area contributed by atoms with E-state index in [-0.39, 0.29) is 17.3 Å². The summed E-state index contributed by atoms with van der Waals surface area (Å²) in [6.45, 7) is 3.79. The summed E-state index contributed by atoms with van der Waals surface area (Å²) < 4.78 is 5.51. The molecule has 0 saturated heterocycles. The van der Waals surface area contributed by atoms with Crippen molar-refractivity contribution in [3.8, 4) is 28.7 Å². The van der Waals surface area contributed by atoms with Crippen LogP contribution in [0.4, 0.5) is 0 Å². The van der Waals surface area contributed by atoms with Crippen LogP contribution in [0.15, 0.2) is 77.2 Å². The highest BCUT2D eigenvalue weighted by Crippen LogP contribution is 2.30. The molecule has 160 valence electrons. The fraction of sp³-hybridized carbons (Fsp3) is 0.120. The molecule has 0 aliphatic rings. The molecule has 0 bridgehead atoms. The summed E-state index contributed by atoms with van der Waals surface area (Å²) in [7, 11) is 0. The quantitative estimate of drug-likeness (QED) is 0.471. The van der Waals surface area contributed by atoms with Gasteiger partial charge in [-0.3, -0.25) is 0 Å². The van der Waals surface area contributed by atoms with Crippen LogP contribution in [0.1, 0.15) is 40.3 Å². The Bertz CT molecular complexity index is 1260. The zero-order valence-electron chi connectivity index (χ0n) is 17.7. The number of aryl methyl sites for hydroxylation is 1. The highest BCUT2D eigenvalue weighted by molar-refractivity contribution is 5.92. The van der Waals surface area contributed by atoms with E-state index in [2.05, 4.69) is 35.3 Å². The average Bonchev–Trinajstić information content (AvgIpc) is 3.30. The molecule has 3 N–H and O–H groups in total. The van der Waals surface area contributed by atoms with E-state index in [1.807, 2.05) is 18.2 Å². The molecule has 4 rings (SSSR count). The minimum absolute atomic E-state index is 0.0563. The fourth-order valence-electron chi connectivity index (χ4n) is 2.93. The van der Waals surface area contributed by atoms with E-state index in [0.29, 0.717) is 22.3 Å². The van der Waals surface area contributed by atoms with Crippen molar-refractivity contribution in [2.45, 2.75) is 19.9 Å². The van der Waals surface area contributed by atoms with Gasteiger partial charge in [0.2, 0.25) is 11.8 Å². The number of carboxylic acid groups (broad SMARTS) is 1. The van der Waals surface area contributed by atoms with Crippen molar-refractivity contribution < 1.29 is 14.3 Å². The smallest absolute Gasteiger partial charge is 0.335 e. The van der Waals surface area contributed by atoms with Crippen LogP contribution in [0.5, 0.6) is 0 Å². The van der Waals surface area contributed by atoms with Crippen molar-refractivity contribution in [1.82, 2.24) is 10.2 Å². The lowest BCUT2D eigenvalue weighted by molar-refractivity contribution is 0.0697. The van der Waals surface area contributed by atoms with E-state index < -0.39 is 12.0 Å². The highest BCUT2D eigenvalue weighted by atomic mass is 16.4. The van der Waals surface area contributed by atoms with Crippen molar-refractivity contribution >= 4 is 5.97 Å². The molecule has 0 aliphatic heterocycles. The second kappa shape index (κ2) is 10.2. The van der Waals surface area contributed by atoms with E-state index in [4.69, 9.17) is 10.2 Å². The van der Waals surface area contributed by atoms with E-state index in [9.17, 15) is 15.2 Å². The first-order valence-corrected chi connectivity index (χ1v) is 9.88. The largest absolute Gasteiger partial charge is 0.478 e. The Morgan fingerprint density at radius 3 is 2.25 bits per heavy atom. The summed E-state index contributed by atoms with van der Waals surface area (Å²) in [4.78, 5) is 11.5. The Hall–Kier alpha value is -4.28. The standard InChI is InChI=1S/C18H14N4O3.C7H8/c1-10(20)16-21-22-17(25-16)13-6-12(7-14(8-13)18(23)24)15-5-3-2-4-11(15)9-19;1-7-5-3-2-4-6-7/h2-8,10H,20H2,1H3,(H,23,24);2-6H,1H3. The monoisotopic (exact) mass is 426 g/mol. The summed E-state index contributed by atoms with van der Waals surface area (Å²) in [6.07, 6.45) is 0. The average molecular weight is 426 g/mol. The molecule has 7 heteroatoms. The van der Waals surface area contributed by atoms with Gasteiger partial charge in [-0.1, -0.05) is 54.1 Å². The van der Waals surface area contributed by atoms with E-state index in [0.717, 1.165) is 0 Å². The second-order valence-corrected chi connectivity index (χ2v) is 7.15. The molecule has 1 aromatic heterocycles. The molecule has 0 radical (unpaired) electrons. The third-order valence-corrected chi connectivity index (χ3v) is 4.56. The molecule has 32 heavy (non-hydrogen) atoms. The zero-order valence-corrected chi connectivity index (χ0v) is 17.7. The molecule has 0 fully saturated rings. The summed E-state index contributed by atoms with van der Waals surface area (Å²) in [5, 5.41) is 26.5. The number of hydrogen-bond donors (Lipinski definition) is 2. The molecular formula is C25H22N4O3. The Balaban J connectivity index is 0.000000352. The van der Waals surface area contributed by atoms with Crippen molar-refractivity contribution in [3.05, 3.63) is 95.4 Å². The van der Waals surface area contributed by atoms with Gasteiger partial charge in [0.25, 0.3) is 0 Å². The first-order valence-electron chi connectivity index (χ1n) is 9.88. The molecule has 7 nitrogen and oxygen atoms in total. The minimum atomic E-state index is -1.09. The van der Waals surface area contributed by atoms with Crippen molar-refractivity contribution in [1.29, 1.82) is 5.26 Å². The number of nitrogens with zero attached hydrogens (tertiary/aromatic N) is 3. The van der Waals surface area contributed by atoms with Gasteiger partial charge in [0, 0.05) is 5.56 Å². The van der Waals surface area contributed by atoms with Crippen LogP contribution in [0.2, 0.25) is 0 Å². The molecule has 0 aliphatic carbocycles. The Labute approximate surface area is 185 Å². The van der Waals surface area contributed by atoms with Crippen LogP contribution in [0.25, 0.3) is 22.6 Å². The van der Waals surface area contributed by atoms with Crippen molar-refractivity contribution in [2.24, 2.45) is 5.73 Å². The Morgan fingerprint density at radius 1 is 1.03 bits per heavy atom. The van der Waals surface area contributed by atoms with Gasteiger partial charge in [-0.05, 0) is 49.2 Å². The number of carbonyl (C=O) groups is 1. The number of hydrogen-bond acceptors (Lipinski definition) is 6. The molecule has 4 aromatic rings. The van der Waals surface area contributed by atoms with Crippen LogP contribution < -0.4 is 5.73 Å². The van der Waals surface area contributed by atoms with Gasteiger partial charge in [-0.2, -0.15) is 5.26 Å². The fourth-order valence-corrected chi connectivity index (χ4v) is 2.93. The van der Waals surface area contributed by atoms with E-state index >= 15 is 0 Å². The number of nitriles is 1. The van der Waals surface area contributed by atoms with Crippen molar-refractivity contribution in [2.75, 3.05) is 0 Å². The van der Waals surface area contributed by atoms with Gasteiger partial charge in [0.1, 0.15) is 0 Å². The maximum atomic E-state index is 11.5. The molecule has 0 spiro atoms. The molecule has 0 saturated carbocycles. The van der Waals surface area contributed by atoms with Gasteiger partial charge in [0.05, 0.1) is 23.2 Å². The Morgan fingerprint density at radius 2 is 1.69 bits per heavy atom. The third-order valence-electron chi connectivity index (χ3n) is 4.56. The lowest BCUT2D eigenvalue weighted by Crippen LogP contribution is -2.04. The van der Waals surface area contributed by atoms with Gasteiger partial charge in [-0.15, -0.1) is 10.2 Å². The van der Waals surface area contributed by atoms with E-state index in [1.165, 1.54) is 17.7 Å². The van der Waals surface area contributed by atoms with Gasteiger partial charge < -0.3 is 15.3 Å². The van der Waals surface area contributed by atoms with Crippen LogP contribution in [0.3, 0.4) is 0 Å². The van der Waals surface area contributed by atoms with Crippen LogP contribution >= 0.6 is 0 Å². The maximum Gasteiger partial charge on any atom is 0.335 e. The zero-order chi connectivity index (χ0) is 23.1. The number of rotatable bonds is 4. The second-order valence-electron chi connectivity index (χ2n) is 7.15. The van der Waals surface area contributed by atoms with Crippen LogP contribution in [-0.4, -0.2) is 21.3 Å². The SMILES string of the molecule is CC(N)c1nnc(-c2cc(C(=O)O)cc(-c3ccccc3C#N)c2)o1.Cc1ccccc1. The summed E-state index contributed by atoms with van der Waals surface area (Å²) in [6, 6.07) is 23.6. The molecular weight excluding hydrogens is 404 g/mol. The van der Waals surface area contributed by atoms with E-state index in [1.54, 1.807) is 37.3 Å². The minimum Gasteiger partial charge on any atom is -0.478 e. The Kier molecular flexibility index (Phi) is 7.11. The lowest BCUT2D eigenvalue weighted by atomic mass is 9.96. The molecule has 1 heterocycles. The summed E-state index contributed by atoms with van der Waals surface area (Å²) in [5.74, 6) is -0.662. The molecule has 1 unspecified atom stereocenters. The lowest BCUT2D eigenvalue weighted by Gasteiger charge is -2.07. The highest BCUT2D eigenvalue weighted by Gasteiger charge is 2.16. The molecule has 0 amide bonds. The number of aromatic nitrogens is 2. The predicted molar refractivity (Wildman–Crippen MR) is 121 cm³/mol. The van der Waals surface area contributed by atoms with Crippen LogP contribution in [-0.2, 0) is 0 Å². The number of carboxylic acids is 1. The normalized spacial score (nSPS) is 11.1. The summed E-state index contributed by atoms with van der Waals surface area (Å²) in [5.41, 5.74) is 9.19. The number of benzene rings is 3. The molecule has 3 aromatic carbocycles. The van der Waals surface area contributed by atoms with Gasteiger partial charge in [-0.25, -0.2) is 4.79 Å². The van der Waals surface area contributed by atoms with Gasteiger partial charge in [0.15, 0.2) is 0 Å². The molecule has 1 atom stereocenters. The summed E-state index contributed by atoms with van der Waals surface area (Å²) >= 11 is 0.